The quantitative estimate of drug-likeness (QED) is 0.133. The Kier molecular flexibility index (Phi) is 13.7. The first-order valence-electron chi connectivity index (χ1n) is 12.4. The molecule has 2 nitrogen and oxygen atoms in total. The summed E-state index contributed by atoms with van der Waals surface area (Å²) in [5.41, 5.74) is 1.35. The van der Waals surface area contributed by atoms with Gasteiger partial charge in [-0.25, -0.2) is 0 Å². The van der Waals surface area contributed by atoms with Gasteiger partial charge in [-0.1, -0.05) is 95.1 Å². The molecule has 0 aliphatic carbocycles. The zero-order valence-electron chi connectivity index (χ0n) is 18.9. The predicted molar refractivity (Wildman–Crippen MR) is 125 cm³/mol. The molecule has 2 heteroatoms. The number of para-hydroxylation sites is 1. The van der Waals surface area contributed by atoms with Crippen LogP contribution in [-0.2, 0) is 11.2 Å². The Morgan fingerprint density at radius 3 is 2.07 bits per heavy atom. The fourth-order valence-electron chi connectivity index (χ4n) is 3.76. The van der Waals surface area contributed by atoms with E-state index >= 15 is 0 Å². The predicted octanol–water partition coefficient (Wildman–Crippen LogP) is 8.04. The number of hydrogen-bond acceptors (Lipinski definition) is 2. The summed E-state index contributed by atoms with van der Waals surface area (Å²) in [6.45, 7) is 3.84. The SMILES string of the molecule is CCCCCCCC/C=C/CCCCCCCCc1ccccc1OCC1CO1. The van der Waals surface area contributed by atoms with Gasteiger partial charge >= 0.3 is 0 Å². The van der Waals surface area contributed by atoms with Gasteiger partial charge in [0.15, 0.2) is 0 Å². The molecule has 1 aromatic rings. The monoisotopic (exact) mass is 400 g/mol. The van der Waals surface area contributed by atoms with E-state index in [1.165, 1.54) is 95.5 Å². The van der Waals surface area contributed by atoms with Gasteiger partial charge in [0.1, 0.15) is 18.5 Å². The average molecular weight is 401 g/mol. The van der Waals surface area contributed by atoms with Crippen molar-refractivity contribution >= 4 is 0 Å². The third-order valence-electron chi connectivity index (χ3n) is 5.76. The summed E-state index contributed by atoms with van der Waals surface area (Å²) in [6, 6.07) is 8.49. The summed E-state index contributed by atoms with van der Waals surface area (Å²) < 4.78 is 11.1. The molecule has 1 fully saturated rings. The largest absolute Gasteiger partial charge is 0.491 e. The number of epoxide rings is 1. The maximum atomic E-state index is 5.91. The summed E-state index contributed by atoms with van der Waals surface area (Å²) in [6.07, 6.45) is 25.3. The van der Waals surface area contributed by atoms with Crippen molar-refractivity contribution in [1.82, 2.24) is 0 Å². The minimum atomic E-state index is 0.327. The molecule has 1 aliphatic heterocycles. The third kappa shape index (κ3) is 12.8. The van der Waals surface area contributed by atoms with Gasteiger partial charge in [-0.05, 0) is 50.2 Å². The zero-order valence-corrected chi connectivity index (χ0v) is 18.9. The van der Waals surface area contributed by atoms with Crippen molar-refractivity contribution < 1.29 is 9.47 Å². The van der Waals surface area contributed by atoms with Crippen molar-refractivity contribution in [2.24, 2.45) is 0 Å². The number of hydrogen-bond donors (Lipinski definition) is 0. The fraction of sp³-hybridized carbons (Fsp3) is 0.704. The Morgan fingerprint density at radius 2 is 1.41 bits per heavy atom. The highest BCUT2D eigenvalue weighted by Gasteiger charge is 2.23. The van der Waals surface area contributed by atoms with Crippen LogP contribution >= 0.6 is 0 Å². The van der Waals surface area contributed by atoms with E-state index in [4.69, 9.17) is 9.47 Å². The second kappa shape index (κ2) is 16.5. The Bertz CT molecular complexity index is 533. The zero-order chi connectivity index (χ0) is 20.4. The Morgan fingerprint density at radius 1 is 0.828 bits per heavy atom. The summed E-state index contributed by atoms with van der Waals surface area (Å²) in [7, 11) is 0. The molecule has 2 rings (SSSR count). The van der Waals surface area contributed by atoms with E-state index in [2.05, 4.69) is 43.3 Å². The lowest BCUT2D eigenvalue weighted by Crippen LogP contribution is -2.05. The normalized spacial score (nSPS) is 15.8. The van der Waals surface area contributed by atoms with Gasteiger partial charge in [0.2, 0.25) is 0 Å². The molecule has 1 aromatic carbocycles. The lowest BCUT2D eigenvalue weighted by Gasteiger charge is -2.10. The fourth-order valence-corrected chi connectivity index (χ4v) is 3.76. The van der Waals surface area contributed by atoms with E-state index in [0.717, 1.165) is 18.8 Å². The van der Waals surface area contributed by atoms with Gasteiger partial charge in [0.05, 0.1) is 6.61 Å². The van der Waals surface area contributed by atoms with Gasteiger partial charge in [0.25, 0.3) is 0 Å². The molecule has 1 unspecified atom stereocenters. The first-order valence-corrected chi connectivity index (χ1v) is 12.4. The Hall–Kier alpha value is -1.28. The molecule has 1 aliphatic rings. The van der Waals surface area contributed by atoms with Crippen LogP contribution in [-0.4, -0.2) is 19.3 Å². The minimum Gasteiger partial charge on any atom is -0.491 e. The van der Waals surface area contributed by atoms with Gasteiger partial charge in [-0.15, -0.1) is 0 Å². The molecule has 0 saturated carbocycles. The van der Waals surface area contributed by atoms with E-state index in [1.807, 2.05) is 0 Å². The molecule has 1 heterocycles. The van der Waals surface area contributed by atoms with E-state index in [0.29, 0.717) is 12.7 Å². The van der Waals surface area contributed by atoms with Crippen molar-refractivity contribution in [2.75, 3.05) is 13.2 Å². The number of rotatable bonds is 19. The van der Waals surface area contributed by atoms with Crippen molar-refractivity contribution in [2.45, 2.75) is 109 Å². The standard InChI is InChI=1S/C27H44O2/c1-2-3-4-5-6-7-8-9-10-11-12-13-14-15-16-17-20-25-21-18-19-22-27(25)29-24-26-23-28-26/h9-10,18-19,21-22,26H,2-8,11-17,20,23-24H2,1H3/b10-9+. The van der Waals surface area contributed by atoms with Crippen LogP contribution in [0.5, 0.6) is 5.75 Å². The van der Waals surface area contributed by atoms with Gasteiger partial charge in [-0.3, -0.25) is 0 Å². The Labute approximate surface area is 180 Å². The van der Waals surface area contributed by atoms with Crippen molar-refractivity contribution in [3.8, 4) is 5.75 Å². The number of unbranched alkanes of at least 4 members (excludes halogenated alkanes) is 12. The average Bonchev–Trinajstić information content (AvgIpc) is 3.57. The van der Waals surface area contributed by atoms with Crippen LogP contribution in [0.4, 0.5) is 0 Å². The smallest absolute Gasteiger partial charge is 0.122 e. The Balaban J connectivity index is 1.38. The molecule has 0 radical (unpaired) electrons. The molecule has 0 spiro atoms. The van der Waals surface area contributed by atoms with Crippen molar-refractivity contribution in [3.63, 3.8) is 0 Å². The lowest BCUT2D eigenvalue weighted by molar-refractivity contribution is 0.261. The van der Waals surface area contributed by atoms with Crippen LogP contribution in [0.1, 0.15) is 102 Å². The number of benzene rings is 1. The molecule has 0 amide bonds. The van der Waals surface area contributed by atoms with E-state index < -0.39 is 0 Å². The van der Waals surface area contributed by atoms with Gasteiger partial charge in [0, 0.05) is 0 Å². The van der Waals surface area contributed by atoms with Crippen LogP contribution < -0.4 is 4.74 Å². The highest BCUT2D eigenvalue weighted by molar-refractivity contribution is 5.33. The van der Waals surface area contributed by atoms with Crippen molar-refractivity contribution in [3.05, 3.63) is 42.0 Å². The van der Waals surface area contributed by atoms with Gasteiger partial charge in [-0.2, -0.15) is 0 Å². The van der Waals surface area contributed by atoms with Crippen LogP contribution in [0.2, 0.25) is 0 Å². The summed E-state index contributed by atoms with van der Waals surface area (Å²) in [4.78, 5) is 0. The second-order valence-corrected chi connectivity index (χ2v) is 8.56. The van der Waals surface area contributed by atoms with E-state index in [1.54, 1.807) is 0 Å². The van der Waals surface area contributed by atoms with E-state index in [9.17, 15) is 0 Å². The first kappa shape index (κ1) is 24.0. The van der Waals surface area contributed by atoms with Crippen LogP contribution in [0.25, 0.3) is 0 Å². The molecule has 164 valence electrons. The highest BCUT2D eigenvalue weighted by atomic mass is 16.6. The second-order valence-electron chi connectivity index (χ2n) is 8.56. The van der Waals surface area contributed by atoms with Crippen molar-refractivity contribution in [1.29, 1.82) is 0 Å². The number of ether oxygens (including phenoxy) is 2. The summed E-state index contributed by atoms with van der Waals surface area (Å²) >= 11 is 0. The molecule has 1 atom stereocenters. The van der Waals surface area contributed by atoms with E-state index in [-0.39, 0.29) is 0 Å². The molecular weight excluding hydrogens is 356 g/mol. The lowest BCUT2D eigenvalue weighted by atomic mass is 10.0. The van der Waals surface area contributed by atoms with Gasteiger partial charge < -0.3 is 9.47 Å². The number of allylic oxidation sites excluding steroid dienone is 2. The molecule has 0 N–H and O–H groups in total. The topological polar surface area (TPSA) is 21.8 Å². The maximum absolute atomic E-state index is 5.91. The molecule has 29 heavy (non-hydrogen) atoms. The first-order chi connectivity index (χ1) is 14.4. The molecule has 1 saturated heterocycles. The van der Waals surface area contributed by atoms with Crippen LogP contribution in [0.15, 0.2) is 36.4 Å². The summed E-state index contributed by atoms with van der Waals surface area (Å²) in [5.74, 6) is 1.05. The maximum Gasteiger partial charge on any atom is 0.122 e. The summed E-state index contributed by atoms with van der Waals surface area (Å²) in [5, 5.41) is 0. The van der Waals surface area contributed by atoms with Crippen LogP contribution in [0.3, 0.4) is 0 Å². The molecule has 0 bridgehead atoms. The molecular formula is C27H44O2. The molecule has 0 aromatic heterocycles. The minimum absolute atomic E-state index is 0.327. The third-order valence-corrected chi connectivity index (χ3v) is 5.76. The number of aryl methyl sites for hydroxylation is 1. The van der Waals surface area contributed by atoms with Crippen LogP contribution in [0, 0.1) is 0 Å². The highest BCUT2D eigenvalue weighted by Crippen LogP contribution is 2.22.